The minimum Gasteiger partial charge on any atom is -0.481 e. The van der Waals surface area contributed by atoms with Crippen molar-refractivity contribution in [2.45, 2.75) is 46.1 Å². The fourth-order valence-electron chi connectivity index (χ4n) is 4.02. The third-order valence-electron chi connectivity index (χ3n) is 5.92. The Morgan fingerprint density at radius 2 is 1.86 bits per heavy atom. The van der Waals surface area contributed by atoms with Crippen LogP contribution in [0.1, 0.15) is 47.1 Å². The first kappa shape index (κ1) is 21.0. The van der Waals surface area contributed by atoms with Crippen LogP contribution in [0.5, 0.6) is 0 Å². The van der Waals surface area contributed by atoms with Crippen LogP contribution in [0, 0.1) is 13.8 Å². The molecule has 0 saturated carbocycles. The van der Waals surface area contributed by atoms with Gasteiger partial charge in [0.05, 0.1) is 11.4 Å². The fraction of sp³-hybridized carbons (Fsp3) is 0.500. The molecule has 7 heteroatoms. The minimum absolute atomic E-state index is 0.0682. The van der Waals surface area contributed by atoms with E-state index in [1.165, 1.54) is 0 Å². The van der Waals surface area contributed by atoms with Crippen LogP contribution in [0.4, 0.5) is 0 Å². The molecule has 1 atom stereocenters. The molecule has 0 spiro atoms. The van der Waals surface area contributed by atoms with Crippen molar-refractivity contribution in [3.8, 4) is 5.69 Å². The van der Waals surface area contributed by atoms with E-state index >= 15 is 0 Å². The highest BCUT2D eigenvalue weighted by atomic mass is 16.4. The van der Waals surface area contributed by atoms with E-state index in [1.807, 2.05) is 47.7 Å². The van der Waals surface area contributed by atoms with E-state index in [-0.39, 0.29) is 12.3 Å². The zero-order valence-corrected chi connectivity index (χ0v) is 17.7. The van der Waals surface area contributed by atoms with Crippen LogP contribution >= 0.6 is 0 Å². The lowest BCUT2D eigenvalue weighted by Gasteiger charge is -2.39. The second kappa shape index (κ2) is 8.78. The molecule has 1 aliphatic heterocycles. The summed E-state index contributed by atoms with van der Waals surface area (Å²) in [6.45, 7) is 8.41. The molecule has 1 unspecified atom stereocenters. The molecule has 29 heavy (non-hydrogen) atoms. The van der Waals surface area contributed by atoms with Crippen molar-refractivity contribution in [3.63, 3.8) is 0 Å². The van der Waals surface area contributed by atoms with Crippen molar-refractivity contribution in [1.82, 2.24) is 19.6 Å². The molecule has 0 aliphatic carbocycles. The highest BCUT2D eigenvalue weighted by Crippen LogP contribution is 2.21. The third kappa shape index (κ3) is 4.50. The molecule has 3 rings (SSSR count). The molecule has 0 bridgehead atoms. The maximum Gasteiger partial charge on any atom is 0.303 e. The van der Waals surface area contributed by atoms with E-state index in [0.29, 0.717) is 18.0 Å². The maximum atomic E-state index is 12.9. The first-order valence-corrected chi connectivity index (χ1v) is 10.2. The summed E-state index contributed by atoms with van der Waals surface area (Å²) in [7, 11) is 2.11. The summed E-state index contributed by atoms with van der Waals surface area (Å²) in [5, 5.41) is 13.5. The van der Waals surface area contributed by atoms with Gasteiger partial charge in [0.15, 0.2) is 0 Å². The number of amides is 1. The van der Waals surface area contributed by atoms with Crippen LogP contribution in [0.25, 0.3) is 5.69 Å². The van der Waals surface area contributed by atoms with Crippen LogP contribution < -0.4 is 0 Å². The van der Waals surface area contributed by atoms with E-state index in [4.69, 9.17) is 5.11 Å². The van der Waals surface area contributed by atoms with Gasteiger partial charge in [-0.25, -0.2) is 4.68 Å². The summed E-state index contributed by atoms with van der Waals surface area (Å²) in [6, 6.07) is 7.92. The van der Waals surface area contributed by atoms with Gasteiger partial charge in [-0.1, -0.05) is 6.92 Å². The van der Waals surface area contributed by atoms with Crippen LogP contribution in [-0.4, -0.2) is 69.3 Å². The molecule has 2 aromatic rings. The Labute approximate surface area is 171 Å². The van der Waals surface area contributed by atoms with Gasteiger partial charge in [-0.2, -0.15) is 5.10 Å². The van der Waals surface area contributed by atoms with Gasteiger partial charge >= 0.3 is 5.97 Å². The summed E-state index contributed by atoms with van der Waals surface area (Å²) in [6.07, 6.45) is 1.58. The number of aliphatic carboxylic acids is 1. The molecule has 1 fully saturated rings. The predicted octanol–water partition coefficient (Wildman–Crippen LogP) is 2.67. The SMILES string of the molecule is CCC1CN(C(=O)c2ccc(-n3nc(C)c(CCC(=O)O)c3C)cc2)CCN1C. The number of piperazine rings is 1. The Balaban J connectivity index is 1.76. The molecular formula is C22H30N4O3. The molecule has 1 aromatic carbocycles. The molecule has 1 amide bonds. The number of carboxylic acids is 1. The van der Waals surface area contributed by atoms with Crippen LogP contribution in [-0.2, 0) is 11.2 Å². The molecule has 7 nitrogen and oxygen atoms in total. The summed E-state index contributed by atoms with van der Waals surface area (Å²) < 4.78 is 1.82. The van der Waals surface area contributed by atoms with Crippen LogP contribution in [0.2, 0.25) is 0 Å². The van der Waals surface area contributed by atoms with E-state index in [0.717, 1.165) is 48.7 Å². The lowest BCUT2D eigenvalue weighted by molar-refractivity contribution is -0.136. The topological polar surface area (TPSA) is 78.7 Å². The van der Waals surface area contributed by atoms with Crippen molar-refractivity contribution in [2.75, 3.05) is 26.7 Å². The Bertz CT molecular complexity index is 888. The molecule has 0 radical (unpaired) electrons. The quantitative estimate of drug-likeness (QED) is 0.809. The van der Waals surface area contributed by atoms with Gasteiger partial charge in [0, 0.05) is 43.4 Å². The lowest BCUT2D eigenvalue weighted by Crippen LogP contribution is -2.52. The summed E-state index contributed by atoms with van der Waals surface area (Å²) >= 11 is 0. The monoisotopic (exact) mass is 398 g/mol. The van der Waals surface area contributed by atoms with E-state index in [2.05, 4.69) is 24.0 Å². The number of carboxylic acid groups (broad SMARTS) is 1. The summed E-state index contributed by atoms with van der Waals surface area (Å²) in [5.74, 6) is -0.743. The summed E-state index contributed by atoms with van der Waals surface area (Å²) in [4.78, 5) is 28.1. The Kier molecular flexibility index (Phi) is 6.37. The van der Waals surface area contributed by atoms with Crippen molar-refractivity contribution < 1.29 is 14.7 Å². The number of aryl methyl sites for hydroxylation is 1. The standard InChI is InChI=1S/C22H30N4O3/c1-5-18-14-25(13-12-24(18)4)22(29)17-6-8-19(9-7-17)26-16(3)20(15(2)23-26)10-11-21(27)28/h6-9,18H,5,10-14H2,1-4H3,(H,27,28). The fourth-order valence-corrected chi connectivity index (χ4v) is 4.02. The van der Waals surface area contributed by atoms with Gasteiger partial charge in [-0.05, 0) is 63.6 Å². The minimum atomic E-state index is -0.811. The molecule has 2 heterocycles. The van der Waals surface area contributed by atoms with Crippen molar-refractivity contribution >= 4 is 11.9 Å². The Morgan fingerprint density at radius 1 is 1.17 bits per heavy atom. The van der Waals surface area contributed by atoms with E-state index in [9.17, 15) is 9.59 Å². The largest absolute Gasteiger partial charge is 0.481 e. The molecule has 1 aromatic heterocycles. The number of likely N-dealkylation sites (N-methyl/N-ethyl adjacent to an activating group) is 1. The third-order valence-corrected chi connectivity index (χ3v) is 5.92. The van der Waals surface area contributed by atoms with Gasteiger partial charge in [0.1, 0.15) is 0 Å². The van der Waals surface area contributed by atoms with Crippen LogP contribution in [0.3, 0.4) is 0 Å². The number of aromatic nitrogens is 2. The van der Waals surface area contributed by atoms with Crippen molar-refractivity contribution in [3.05, 3.63) is 46.8 Å². The Morgan fingerprint density at radius 3 is 2.48 bits per heavy atom. The molecule has 1 aliphatic rings. The van der Waals surface area contributed by atoms with Gasteiger partial charge in [0.25, 0.3) is 5.91 Å². The average molecular weight is 399 g/mol. The lowest BCUT2D eigenvalue weighted by atomic mass is 10.1. The van der Waals surface area contributed by atoms with Gasteiger partial charge in [-0.3, -0.25) is 14.5 Å². The first-order valence-electron chi connectivity index (χ1n) is 10.2. The van der Waals surface area contributed by atoms with Crippen molar-refractivity contribution in [2.24, 2.45) is 0 Å². The maximum absolute atomic E-state index is 12.9. The predicted molar refractivity (Wildman–Crippen MR) is 112 cm³/mol. The second-order valence-electron chi connectivity index (χ2n) is 7.80. The second-order valence-corrected chi connectivity index (χ2v) is 7.80. The highest BCUT2D eigenvalue weighted by molar-refractivity contribution is 5.94. The van der Waals surface area contributed by atoms with Gasteiger partial charge < -0.3 is 10.0 Å². The molecular weight excluding hydrogens is 368 g/mol. The number of hydrogen-bond acceptors (Lipinski definition) is 4. The highest BCUT2D eigenvalue weighted by Gasteiger charge is 2.26. The van der Waals surface area contributed by atoms with Crippen LogP contribution in [0.15, 0.2) is 24.3 Å². The molecule has 1 N–H and O–H groups in total. The van der Waals surface area contributed by atoms with Gasteiger partial charge in [-0.15, -0.1) is 0 Å². The number of carbonyl (C=O) groups is 2. The van der Waals surface area contributed by atoms with E-state index < -0.39 is 5.97 Å². The average Bonchev–Trinajstić information content (AvgIpc) is 3.00. The number of benzene rings is 1. The number of hydrogen-bond donors (Lipinski definition) is 1. The van der Waals surface area contributed by atoms with Crippen molar-refractivity contribution in [1.29, 1.82) is 0 Å². The number of rotatable bonds is 6. The number of nitrogens with zero attached hydrogens (tertiary/aromatic N) is 4. The first-order chi connectivity index (χ1) is 13.8. The van der Waals surface area contributed by atoms with Gasteiger partial charge in [0.2, 0.25) is 0 Å². The number of carbonyl (C=O) groups excluding carboxylic acids is 1. The summed E-state index contributed by atoms with van der Waals surface area (Å²) in [5.41, 5.74) is 4.30. The zero-order chi connectivity index (χ0) is 21.1. The Hall–Kier alpha value is -2.67. The van der Waals surface area contributed by atoms with E-state index in [1.54, 1.807) is 0 Å². The smallest absolute Gasteiger partial charge is 0.303 e. The normalized spacial score (nSPS) is 17.5. The molecule has 1 saturated heterocycles. The zero-order valence-electron chi connectivity index (χ0n) is 17.7. The molecule has 156 valence electrons.